The minimum absolute atomic E-state index is 0.208. The molecule has 0 bridgehead atoms. The molecule has 0 spiro atoms. The van der Waals surface area contributed by atoms with Crippen molar-refractivity contribution >= 4 is 23.4 Å². The van der Waals surface area contributed by atoms with E-state index in [9.17, 15) is 5.11 Å². The fraction of sp³-hybridized carbons (Fsp3) is 0.692. The van der Waals surface area contributed by atoms with Gasteiger partial charge in [0.1, 0.15) is 18.0 Å². The second-order valence-electron chi connectivity index (χ2n) is 5.01. The molecule has 3 rings (SSSR count). The summed E-state index contributed by atoms with van der Waals surface area (Å²) in [6.07, 6.45) is 3.83. The van der Waals surface area contributed by atoms with E-state index < -0.39 is 0 Å². The second kappa shape index (κ2) is 5.96. The van der Waals surface area contributed by atoms with Gasteiger partial charge in [-0.15, -0.1) is 0 Å². The van der Waals surface area contributed by atoms with E-state index in [0.29, 0.717) is 0 Å². The Morgan fingerprint density at radius 2 is 2.00 bits per heavy atom. The summed E-state index contributed by atoms with van der Waals surface area (Å²) in [5.74, 6) is 4.32. The van der Waals surface area contributed by atoms with Crippen LogP contribution in [0, 0.1) is 0 Å². The number of hydrogen-bond donors (Lipinski definition) is 1. The second-order valence-corrected chi connectivity index (χ2v) is 6.23. The van der Waals surface area contributed by atoms with E-state index in [0.717, 1.165) is 44.1 Å². The number of anilines is 2. The third-order valence-electron chi connectivity index (χ3n) is 3.86. The summed E-state index contributed by atoms with van der Waals surface area (Å²) in [4.78, 5) is 13.3. The lowest BCUT2D eigenvalue weighted by Gasteiger charge is -2.29. The molecule has 19 heavy (non-hydrogen) atoms. The summed E-state index contributed by atoms with van der Waals surface area (Å²) < 4.78 is 0. The number of thioether (sulfide) groups is 1. The fourth-order valence-corrected chi connectivity index (χ4v) is 3.69. The normalized spacial score (nSPS) is 23.9. The Morgan fingerprint density at radius 1 is 1.21 bits per heavy atom. The summed E-state index contributed by atoms with van der Waals surface area (Å²) in [5.41, 5.74) is 0. The molecule has 1 aromatic rings. The van der Waals surface area contributed by atoms with Gasteiger partial charge in [-0.3, -0.25) is 0 Å². The van der Waals surface area contributed by atoms with Gasteiger partial charge < -0.3 is 14.9 Å². The van der Waals surface area contributed by atoms with Crippen LogP contribution in [0.15, 0.2) is 12.4 Å². The molecule has 1 unspecified atom stereocenters. The van der Waals surface area contributed by atoms with Crippen LogP contribution in [0.1, 0.15) is 12.8 Å². The van der Waals surface area contributed by atoms with E-state index in [1.807, 2.05) is 11.8 Å². The van der Waals surface area contributed by atoms with Crippen LogP contribution >= 0.6 is 11.8 Å². The molecule has 1 atom stereocenters. The van der Waals surface area contributed by atoms with Crippen molar-refractivity contribution in [2.75, 3.05) is 47.5 Å². The molecule has 2 saturated heterocycles. The van der Waals surface area contributed by atoms with Gasteiger partial charge >= 0.3 is 0 Å². The molecule has 3 heterocycles. The third-order valence-corrected chi connectivity index (χ3v) is 4.80. The zero-order valence-electron chi connectivity index (χ0n) is 11.0. The molecule has 0 aromatic carbocycles. The molecule has 0 aliphatic carbocycles. The lowest BCUT2D eigenvalue weighted by molar-refractivity contribution is 0.266. The van der Waals surface area contributed by atoms with Gasteiger partial charge in [0, 0.05) is 37.2 Å². The third kappa shape index (κ3) is 2.79. The lowest BCUT2D eigenvalue weighted by Crippen LogP contribution is -2.35. The van der Waals surface area contributed by atoms with E-state index in [4.69, 9.17) is 0 Å². The predicted molar refractivity (Wildman–Crippen MR) is 79.0 cm³/mol. The summed E-state index contributed by atoms with van der Waals surface area (Å²) >= 11 is 2.00. The van der Waals surface area contributed by atoms with E-state index in [1.54, 1.807) is 6.33 Å². The molecule has 5 nitrogen and oxygen atoms in total. The van der Waals surface area contributed by atoms with Gasteiger partial charge in [0.2, 0.25) is 0 Å². The van der Waals surface area contributed by atoms with Crippen molar-refractivity contribution in [2.45, 2.75) is 18.9 Å². The van der Waals surface area contributed by atoms with Crippen LogP contribution in [-0.4, -0.2) is 58.9 Å². The molecule has 0 radical (unpaired) electrons. The summed E-state index contributed by atoms with van der Waals surface area (Å²) in [6.45, 7) is 3.31. The zero-order valence-corrected chi connectivity index (χ0v) is 11.8. The van der Waals surface area contributed by atoms with Crippen LogP contribution < -0.4 is 9.80 Å². The first kappa shape index (κ1) is 13.0. The van der Waals surface area contributed by atoms with Crippen LogP contribution in [0.2, 0.25) is 0 Å². The Kier molecular flexibility index (Phi) is 4.08. The number of aliphatic hydroxyl groups is 1. The van der Waals surface area contributed by atoms with Gasteiger partial charge in [0.15, 0.2) is 0 Å². The van der Waals surface area contributed by atoms with E-state index in [-0.39, 0.29) is 12.6 Å². The van der Waals surface area contributed by atoms with Gasteiger partial charge in [-0.1, -0.05) is 0 Å². The molecule has 1 aromatic heterocycles. The largest absolute Gasteiger partial charge is 0.394 e. The minimum atomic E-state index is 0.208. The lowest BCUT2D eigenvalue weighted by atomic mass is 10.2. The Hall–Kier alpha value is -1.01. The van der Waals surface area contributed by atoms with Crippen molar-refractivity contribution in [3.63, 3.8) is 0 Å². The average molecular weight is 280 g/mol. The molecule has 2 aliphatic rings. The smallest absolute Gasteiger partial charge is 0.134 e. The van der Waals surface area contributed by atoms with Gasteiger partial charge in [0.25, 0.3) is 0 Å². The number of aliphatic hydroxyl groups excluding tert-OH is 1. The summed E-state index contributed by atoms with van der Waals surface area (Å²) in [7, 11) is 0. The van der Waals surface area contributed by atoms with Crippen molar-refractivity contribution in [2.24, 2.45) is 0 Å². The highest BCUT2D eigenvalue weighted by atomic mass is 32.2. The first-order chi connectivity index (χ1) is 9.38. The molecule has 1 N–H and O–H groups in total. The standard InChI is InChI=1S/C13H20N4OS/c18-9-11-2-1-3-17(11)13-8-12(14-10-15-13)16-4-6-19-7-5-16/h8,10-11,18H,1-7,9H2. The molecule has 0 saturated carbocycles. The Bertz CT molecular complexity index is 425. The Labute approximate surface area is 118 Å². The quantitative estimate of drug-likeness (QED) is 0.891. The summed E-state index contributed by atoms with van der Waals surface area (Å²) in [5, 5.41) is 9.42. The average Bonchev–Trinajstić information content (AvgIpc) is 2.97. The van der Waals surface area contributed by atoms with Gasteiger partial charge in [0.05, 0.1) is 12.6 Å². The van der Waals surface area contributed by atoms with Gasteiger partial charge in [-0.05, 0) is 12.8 Å². The van der Waals surface area contributed by atoms with Crippen LogP contribution in [0.4, 0.5) is 11.6 Å². The maximum absolute atomic E-state index is 9.42. The highest BCUT2D eigenvalue weighted by Crippen LogP contribution is 2.26. The highest BCUT2D eigenvalue weighted by Gasteiger charge is 2.25. The molecule has 2 fully saturated rings. The van der Waals surface area contributed by atoms with Crippen molar-refractivity contribution < 1.29 is 5.11 Å². The zero-order chi connectivity index (χ0) is 13.1. The van der Waals surface area contributed by atoms with E-state index >= 15 is 0 Å². The predicted octanol–water partition coefficient (Wildman–Crippen LogP) is 0.991. The molecular weight excluding hydrogens is 260 g/mol. The first-order valence-electron chi connectivity index (χ1n) is 6.91. The Balaban J connectivity index is 1.79. The van der Waals surface area contributed by atoms with Crippen molar-refractivity contribution in [1.82, 2.24) is 9.97 Å². The van der Waals surface area contributed by atoms with Crippen molar-refractivity contribution in [3.8, 4) is 0 Å². The molecule has 0 amide bonds. The minimum Gasteiger partial charge on any atom is -0.394 e. The van der Waals surface area contributed by atoms with E-state index in [2.05, 4.69) is 25.8 Å². The van der Waals surface area contributed by atoms with Crippen LogP contribution in [-0.2, 0) is 0 Å². The van der Waals surface area contributed by atoms with Crippen molar-refractivity contribution in [1.29, 1.82) is 0 Å². The fourth-order valence-electron chi connectivity index (χ4n) is 2.79. The van der Waals surface area contributed by atoms with E-state index in [1.165, 1.54) is 11.5 Å². The van der Waals surface area contributed by atoms with Crippen LogP contribution in [0.25, 0.3) is 0 Å². The molecular formula is C13H20N4OS. The molecule has 2 aliphatic heterocycles. The SMILES string of the molecule is OCC1CCCN1c1cc(N2CCSCC2)ncn1. The number of nitrogens with zero attached hydrogens (tertiary/aromatic N) is 4. The topological polar surface area (TPSA) is 52.5 Å². The summed E-state index contributed by atoms with van der Waals surface area (Å²) in [6, 6.07) is 2.30. The highest BCUT2D eigenvalue weighted by molar-refractivity contribution is 7.99. The van der Waals surface area contributed by atoms with Gasteiger partial charge in [-0.2, -0.15) is 11.8 Å². The maximum Gasteiger partial charge on any atom is 0.134 e. The molecule has 6 heteroatoms. The van der Waals surface area contributed by atoms with Crippen LogP contribution in [0.5, 0.6) is 0 Å². The number of rotatable bonds is 3. The van der Waals surface area contributed by atoms with Crippen molar-refractivity contribution in [3.05, 3.63) is 12.4 Å². The van der Waals surface area contributed by atoms with Crippen LogP contribution in [0.3, 0.4) is 0 Å². The Morgan fingerprint density at radius 3 is 2.79 bits per heavy atom. The monoisotopic (exact) mass is 280 g/mol. The molecule has 104 valence electrons. The number of aromatic nitrogens is 2. The number of hydrogen-bond acceptors (Lipinski definition) is 6. The van der Waals surface area contributed by atoms with Gasteiger partial charge in [-0.25, -0.2) is 9.97 Å². The maximum atomic E-state index is 9.42. The first-order valence-corrected chi connectivity index (χ1v) is 8.06.